The summed E-state index contributed by atoms with van der Waals surface area (Å²) in [5.74, 6) is -0.331. The third-order valence-corrected chi connectivity index (χ3v) is 6.50. The van der Waals surface area contributed by atoms with Crippen LogP contribution in [0.1, 0.15) is 32.8 Å². The zero-order valence-electron chi connectivity index (χ0n) is 15.7. The number of thiophene rings is 1. The van der Waals surface area contributed by atoms with Crippen molar-refractivity contribution in [2.45, 2.75) is 25.8 Å². The molecule has 29 heavy (non-hydrogen) atoms. The van der Waals surface area contributed by atoms with E-state index in [0.717, 1.165) is 41.1 Å². The van der Waals surface area contributed by atoms with E-state index in [-0.39, 0.29) is 5.97 Å². The number of anilines is 2. The number of fused-ring (bicyclic) bond motifs is 1. The summed E-state index contributed by atoms with van der Waals surface area (Å²) in [7, 11) is 1.40. The van der Waals surface area contributed by atoms with Crippen LogP contribution in [0.5, 0.6) is 0 Å². The van der Waals surface area contributed by atoms with Crippen molar-refractivity contribution in [1.29, 1.82) is 0 Å². The third-order valence-electron chi connectivity index (χ3n) is 4.72. The predicted molar refractivity (Wildman–Crippen MR) is 120 cm³/mol. The van der Waals surface area contributed by atoms with E-state index in [4.69, 9.17) is 28.6 Å². The number of esters is 1. The smallest absolute Gasteiger partial charge is 0.341 e. The zero-order valence-corrected chi connectivity index (χ0v) is 18.1. The van der Waals surface area contributed by atoms with Crippen LogP contribution in [0, 0.1) is 0 Å². The lowest BCUT2D eigenvalue weighted by atomic mass is 10.1. The summed E-state index contributed by atoms with van der Waals surface area (Å²) in [6, 6.07) is 7.67. The first-order valence-corrected chi connectivity index (χ1v) is 10.7. The van der Waals surface area contributed by atoms with Crippen LogP contribution in [0.3, 0.4) is 0 Å². The van der Waals surface area contributed by atoms with E-state index in [9.17, 15) is 4.79 Å². The van der Waals surface area contributed by atoms with Gasteiger partial charge in [-0.25, -0.2) is 4.79 Å². The molecule has 0 unspecified atom stereocenters. The molecule has 2 N–H and O–H groups in total. The Kier molecular flexibility index (Phi) is 5.84. The van der Waals surface area contributed by atoms with Crippen molar-refractivity contribution in [3.8, 4) is 0 Å². The SMILES string of the molecule is COC(=O)c1c(NC(=S)Nc2cnn(Cc3ccccc3Cl)c2)sc2c1CCC2. The largest absolute Gasteiger partial charge is 0.465 e. The molecule has 0 saturated heterocycles. The Labute approximate surface area is 182 Å². The highest BCUT2D eigenvalue weighted by atomic mass is 35.5. The maximum atomic E-state index is 12.3. The van der Waals surface area contributed by atoms with E-state index >= 15 is 0 Å². The molecule has 0 radical (unpaired) electrons. The van der Waals surface area contributed by atoms with Crippen molar-refractivity contribution in [2.24, 2.45) is 0 Å². The normalized spacial score (nSPS) is 12.5. The summed E-state index contributed by atoms with van der Waals surface area (Å²) in [6.45, 7) is 0.561. The monoisotopic (exact) mass is 446 g/mol. The first-order chi connectivity index (χ1) is 14.0. The van der Waals surface area contributed by atoms with Gasteiger partial charge in [0.25, 0.3) is 0 Å². The number of benzene rings is 1. The van der Waals surface area contributed by atoms with Crippen molar-refractivity contribution >= 4 is 56.9 Å². The Balaban J connectivity index is 1.44. The van der Waals surface area contributed by atoms with Gasteiger partial charge in [-0.3, -0.25) is 4.68 Å². The van der Waals surface area contributed by atoms with E-state index in [0.29, 0.717) is 22.2 Å². The van der Waals surface area contributed by atoms with Gasteiger partial charge in [0.15, 0.2) is 5.11 Å². The molecule has 0 spiro atoms. The molecule has 3 aromatic rings. The van der Waals surface area contributed by atoms with Gasteiger partial charge < -0.3 is 15.4 Å². The number of thiocarbonyl (C=S) groups is 1. The highest BCUT2D eigenvalue weighted by Gasteiger charge is 2.27. The van der Waals surface area contributed by atoms with Gasteiger partial charge >= 0.3 is 5.97 Å². The number of rotatable bonds is 5. The fourth-order valence-electron chi connectivity index (χ4n) is 3.39. The van der Waals surface area contributed by atoms with Gasteiger partial charge in [-0.05, 0) is 48.7 Å². The molecular formula is C20H19ClN4O2S2. The Bertz CT molecular complexity index is 1080. The Morgan fingerprint density at radius 3 is 2.97 bits per heavy atom. The number of aromatic nitrogens is 2. The van der Waals surface area contributed by atoms with Crippen molar-refractivity contribution in [3.05, 3.63) is 63.2 Å². The highest BCUT2D eigenvalue weighted by molar-refractivity contribution is 7.80. The molecular weight excluding hydrogens is 428 g/mol. The second-order valence-electron chi connectivity index (χ2n) is 6.65. The summed E-state index contributed by atoms with van der Waals surface area (Å²) in [6.07, 6.45) is 6.50. The molecule has 0 saturated carbocycles. The lowest BCUT2D eigenvalue weighted by molar-refractivity contribution is 0.0601. The van der Waals surface area contributed by atoms with Gasteiger partial charge in [-0.2, -0.15) is 5.10 Å². The lowest BCUT2D eigenvalue weighted by Gasteiger charge is -2.10. The number of nitrogens with zero attached hydrogens (tertiary/aromatic N) is 2. The number of ether oxygens (including phenoxy) is 1. The van der Waals surface area contributed by atoms with Crippen molar-refractivity contribution in [1.82, 2.24) is 9.78 Å². The van der Waals surface area contributed by atoms with Crippen LogP contribution in [0.4, 0.5) is 10.7 Å². The van der Waals surface area contributed by atoms with E-state index in [2.05, 4.69) is 15.7 Å². The van der Waals surface area contributed by atoms with Crippen molar-refractivity contribution in [3.63, 3.8) is 0 Å². The fourth-order valence-corrected chi connectivity index (χ4v) is 5.15. The van der Waals surface area contributed by atoms with Crippen LogP contribution >= 0.6 is 35.2 Å². The molecule has 4 rings (SSSR count). The van der Waals surface area contributed by atoms with E-state index in [1.54, 1.807) is 22.2 Å². The molecule has 1 aliphatic rings. The van der Waals surface area contributed by atoms with Crippen molar-refractivity contribution in [2.75, 3.05) is 17.7 Å². The number of hydrogen-bond acceptors (Lipinski definition) is 5. The molecule has 9 heteroatoms. The molecule has 2 aromatic heterocycles. The van der Waals surface area contributed by atoms with Crippen LogP contribution in [-0.4, -0.2) is 28.0 Å². The van der Waals surface area contributed by atoms with Crippen LogP contribution in [0.25, 0.3) is 0 Å². The van der Waals surface area contributed by atoms with Crippen molar-refractivity contribution < 1.29 is 9.53 Å². The Morgan fingerprint density at radius 2 is 2.17 bits per heavy atom. The molecule has 2 heterocycles. The maximum absolute atomic E-state index is 12.3. The lowest BCUT2D eigenvalue weighted by Crippen LogP contribution is -2.20. The fraction of sp³-hybridized carbons (Fsp3) is 0.250. The predicted octanol–water partition coefficient (Wildman–Crippen LogP) is 4.73. The molecule has 150 valence electrons. The van der Waals surface area contributed by atoms with Crippen LogP contribution < -0.4 is 10.6 Å². The number of aryl methyl sites for hydroxylation is 1. The average Bonchev–Trinajstić information content (AvgIpc) is 3.39. The topological polar surface area (TPSA) is 68.2 Å². The Hall–Kier alpha value is -2.42. The number of carbonyl (C=O) groups excluding carboxylic acids is 1. The van der Waals surface area contributed by atoms with Gasteiger partial charge in [0.1, 0.15) is 5.00 Å². The number of nitrogens with one attached hydrogen (secondary N) is 2. The molecule has 0 bridgehead atoms. The molecule has 1 aliphatic carbocycles. The van der Waals surface area contributed by atoms with Crippen LogP contribution in [-0.2, 0) is 24.1 Å². The first kappa shape index (κ1) is 19.9. The second kappa shape index (κ2) is 8.52. The molecule has 1 aromatic carbocycles. The summed E-state index contributed by atoms with van der Waals surface area (Å²) in [5.41, 5.74) is 3.42. The minimum atomic E-state index is -0.331. The Morgan fingerprint density at radius 1 is 1.34 bits per heavy atom. The van der Waals surface area contributed by atoms with Gasteiger partial charge in [0.2, 0.25) is 0 Å². The maximum Gasteiger partial charge on any atom is 0.341 e. The van der Waals surface area contributed by atoms with Gasteiger partial charge in [-0.15, -0.1) is 11.3 Å². The standard InChI is InChI=1S/C20H19ClN4O2S2/c1-27-19(26)17-14-6-4-8-16(14)29-18(17)24-20(28)23-13-9-22-25(11-13)10-12-5-2-3-7-15(12)21/h2-3,5,7,9,11H,4,6,8,10H2,1H3,(H2,23,24,28). The summed E-state index contributed by atoms with van der Waals surface area (Å²) in [4.78, 5) is 13.5. The van der Waals surface area contributed by atoms with Crippen LogP contribution in [0.2, 0.25) is 5.02 Å². The molecule has 0 amide bonds. The number of methoxy groups -OCH3 is 1. The van der Waals surface area contributed by atoms with Gasteiger partial charge in [-0.1, -0.05) is 29.8 Å². The minimum absolute atomic E-state index is 0.331. The van der Waals surface area contributed by atoms with Gasteiger partial charge in [0.05, 0.1) is 31.1 Å². The van der Waals surface area contributed by atoms with Crippen LogP contribution in [0.15, 0.2) is 36.7 Å². The highest BCUT2D eigenvalue weighted by Crippen LogP contribution is 2.39. The quantitative estimate of drug-likeness (QED) is 0.436. The summed E-state index contributed by atoms with van der Waals surface area (Å²) < 4.78 is 6.75. The average molecular weight is 447 g/mol. The number of hydrogen-bond donors (Lipinski definition) is 2. The van der Waals surface area contributed by atoms with Gasteiger partial charge in [0, 0.05) is 16.1 Å². The molecule has 6 nitrogen and oxygen atoms in total. The zero-order chi connectivity index (χ0) is 20.4. The van der Waals surface area contributed by atoms with E-state index in [1.807, 2.05) is 30.5 Å². The minimum Gasteiger partial charge on any atom is -0.465 e. The van der Waals surface area contributed by atoms with E-state index in [1.165, 1.54) is 12.0 Å². The number of carbonyl (C=O) groups is 1. The van der Waals surface area contributed by atoms with E-state index < -0.39 is 0 Å². The number of halogens is 1. The second-order valence-corrected chi connectivity index (χ2v) is 8.57. The summed E-state index contributed by atoms with van der Waals surface area (Å²) in [5, 5.41) is 12.4. The third kappa shape index (κ3) is 4.29. The summed E-state index contributed by atoms with van der Waals surface area (Å²) >= 11 is 13.2. The molecule has 0 fully saturated rings. The molecule has 0 aliphatic heterocycles. The molecule has 0 atom stereocenters. The first-order valence-electron chi connectivity index (χ1n) is 9.12.